The zero-order chi connectivity index (χ0) is 40.0. The highest BCUT2D eigenvalue weighted by atomic mass is 16.5. The van der Waals surface area contributed by atoms with Crippen molar-refractivity contribution in [1.29, 1.82) is 0 Å². The van der Waals surface area contributed by atoms with Crippen molar-refractivity contribution in [3.8, 4) is 22.6 Å². The first-order valence-corrected chi connectivity index (χ1v) is 20.7. The molecule has 0 unspecified atom stereocenters. The number of fused-ring (bicyclic) bond motifs is 5. The van der Waals surface area contributed by atoms with E-state index < -0.39 is 0 Å². The molecule has 0 amide bonds. The number of rotatable bonds is 3. The number of benzene rings is 6. The number of aryl methyl sites for hydroxylation is 1. The minimum Gasteiger partial charge on any atom is -0.490 e. The van der Waals surface area contributed by atoms with Crippen molar-refractivity contribution in [3.05, 3.63) is 138 Å². The molecule has 0 aliphatic carbocycles. The van der Waals surface area contributed by atoms with E-state index in [4.69, 9.17) is 9.47 Å². The second-order valence-electron chi connectivity index (χ2n) is 19.4. The van der Waals surface area contributed by atoms with Crippen LogP contribution in [0.25, 0.3) is 11.1 Å². The van der Waals surface area contributed by atoms with Gasteiger partial charge in [-0.1, -0.05) is 123 Å². The average Bonchev–Trinajstić information content (AvgIpc) is 3.41. The lowest BCUT2D eigenvalue weighted by molar-refractivity contribution is 0.297. The molecule has 0 fully saturated rings. The van der Waals surface area contributed by atoms with E-state index in [2.05, 4.69) is 194 Å². The molecular formula is C52H55BN2O2. The molecule has 4 nitrogen and oxygen atoms in total. The molecule has 6 aromatic carbocycles. The zero-order valence-corrected chi connectivity index (χ0v) is 35.4. The summed E-state index contributed by atoms with van der Waals surface area (Å²) in [5.74, 6) is 1.63. The van der Waals surface area contributed by atoms with Gasteiger partial charge in [-0.15, -0.1) is 0 Å². The molecule has 5 heteroatoms. The predicted molar refractivity (Wildman–Crippen MR) is 242 cm³/mol. The number of nitrogens with zero attached hydrogens (tertiary/aromatic N) is 2. The van der Waals surface area contributed by atoms with Crippen LogP contribution in [0.15, 0.2) is 115 Å². The molecular weight excluding hydrogens is 695 g/mol. The first kappa shape index (κ1) is 37.2. The maximum Gasteiger partial charge on any atom is 0.252 e. The lowest BCUT2D eigenvalue weighted by Gasteiger charge is -2.45. The molecule has 0 aromatic heterocycles. The van der Waals surface area contributed by atoms with Gasteiger partial charge >= 0.3 is 0 Å². The maximum atomic E-state index is 6.49. The average molecular weight is 751 g/mol. The summed E-state index contributed by atoms with van der Waals surface area (Å²) in [4.78, 5) is 5.05. The number of hydrogen-bond acceptors (Lipinski definition) is 4. The van der Waals surface area contributed by atoms with Crippen LogP contribution in [0.5, 0.6) is 11.5 Å². The molecule has 0 saturated carbocycles. The smallest absolute Gasteiger partial charge is 0.252 e. The van der Waals surface area contributed by atoms with Crippen LogP contribution in [-0.2, 0) is 16.2 Å². The van der Waals surface area contributed by atoms with Crippen molar-refractivity contribution in [2.75, 3.05) is 23.0 Å². The van der Waals surface area contributed by atoms with Crippen LogP contribution in [0.2, 0.25) is 0 Å². The van der Waals surface area contributed by atoms with Gasteiger partial charge in [-0.05, 0) is 116 Å². The van der Waals surface area contributed by atoms with Gasteiger partial charge in [-0.3, -0.25) is 0 Å². The Bertz CT molecular complexity index is 2520. The number of hydrogen-bond donors (Lipinski definition) is 0. The first-order chi connectivity index (χ1) is 27.1. The Morgan fingerprint density at radius 1 is 0.491 bits per heavy atom. The molecule has 0 saturated heterocycles. The van der Waals surface area contributed by atoms with E-state index in [1.54, 1.807) is 0 Å². The number of anilines is 6. The monoisotopic (exact) mass is 750 g/mol. The standard InChI is InChI=1S/C52H55BN2O2/c1-33-27-45-49-46(28-33)55(42-23-19-36(51(5,6)7)29-39(42)34-15-12-11-13-16-34)44-32-48-47(56-25-14-26-57-48)31-41(44)53(49)40-30-37(52(8,9)10)20-24-43(40)54(45)38-21-17-35(18-22-38)50(2,3)4/h11-13,15-24,27-32H,14,25-26H2,1-10H3. The third kappa shape index (κ3) is 6.40. The van der Waals surface area contributed by atoms with Gasteiger partial charge in [0.05, 0.1) is 18.9 Å². The highest BCUT2D eigenvalue weighted by Crippen LogP contribution is 2.49. The number of ether oxygens (including phenoxy) is 2. The fourth-order valence-corrected chi connectivity index (χ4v) is 8.95. The molecule has 6 aromatic rings. The van der Waals surface area contributed by atoms with Gasteiger partial charge in [0.25, 0.3) is 6.71 Å². The Morgan fingerprint density at radius 3 is 1.67 bits per heavy atom. The van der Waals surface area contributed by atoms with Gasteiger partial charge in [0.15, 0.2) is 11.5 Å². The van der Waals surface area contributed by atoms with E-state index >= 15 is 0 Å². The normalized spacial score (nSPS) is 14.8. The van der Waals surface area contributed by atoms with E-state index in [0.29, 0.717) is 13.2 Å². The lowest BCUT2D eigenvalue weighted by atomic mass is 9.33. The minimum atomic E-state index is -0.0320. The Morgan fingerprint density at radius 2 is 1.04 bits per heavy atom. The van der Waals surface area contributed by atoms with Gasteiger partial charge in [-0.25, -0.2) is 0 Å². The minimum absolute atomic E-state index is 0.0184. The SMILES string of the molecule is Cc1cc2c3c(c1)N(c1ccc(C(C)(C)C)cc1-c1ccccc1)c1cc4c(cc1B3c1cc(C(C)(C)C)ccc1N2c1ccc(C(C)(C)C)cc1)OCCCO4. The second-order valence-corrected chi connectivity index (χ2v) is 19.4. The third-order valence-corrected chi connectivity index (χ3v) is 12.1. The summed E-state index contributed by atoms with van der Waals surface area (Å²) in [5.41, 5.74) is 18.5. The van der Waals surface area contributed by atoms with Crippen LogP contribution < -0.4 is 35.7 Å². The van der Waals surface area contributed by atoms with Crippen molar-refractivity contribution in [2.24, 2.45) is 0 Å². The molecule has 57 heavy (non-hydrogen) atoms. The summed E-state index contributed by atoms with van der Waals surface area (Å²) in [6.45, 7) is 24.2. The molecule has 0 radical (unpaired) electrons. The van der Waals surface area contributed by atoms with Crippen molar-refractivity contribution in [1.82, 2.24) is 0 Å². The topological polar surface area (TPSA) is 24.9 Å². The molecule has 0 atom stereocenters. The summed E-state index contributed by atoms with van der Waals surface area (Å²) >= 11 is 0. The second kappa shape index (κ2) is 13.3. The van der Waals surface area contributed by atoms with Crippen LogP contribution in [0.3, 0.4) is 0 Å². The Balaban J connectivity index is 1.39. The third-order valence-electron chi connectivity index (χ3n) is 12.1. The van der Waals surface area contributed by atoms with Crippen molar-refractivity contribution in [3.63, 3.8) is 0 Å². The molecule has 0 bridgehead atoms. The lowest BCUT2D eigenvalue weighted by Crippen LogP contribution is -2.61. The van der Waals surface area contributed by atoms with Crippen molar-refractivity contribution < 1.29 is 9.47 Å². The van der Waals surface area contributed by atoms with Crippen LogP contribution in [-0.4, -0.2) is 19.9 Å². The highest BCUT2D eigenvalue weighted by molar-refractivity contribution is 7.00. The van der Waals surface area contributed by atoms with Crippen LogP contribution in [0, 0.1) is 6.92 Å². The van der Waals surface area contributed by atoms with Gasteiger partial charge in [-0.2, -0.15) is 0 Å². The van der Waals surface area contributed by atoms with Crippen LogP contribution in [0.4, 0.5) is 34.1 Å². The first-order valence-electron chi connectivity index (χ1n) is 20.7. The summed E-state index contributed by atoms with van der Waals surface area (Å²) in [7, 11) is 0. The Kier molecular flexibility index (Phi) is 8.70. The fraction of sp³-hybridized carbons (Fsp3) is 0.308. The summed E-state index contributed by atoms with van der Waals surface area (Å²) in [5, 5.41) is 0. The van der Waals surface area contributed by atoms with E-state index in [1.807, 2.05) is 0 Å². The van der Waals surface area contributed by atoms with E-state index in [-0.39, 0.29) is 23.0 Å². The molecule has 3 heterocycles. The maximum absolute atomic E-state index is 6.49. The molecule has 288 valence electrons. The summed E-state index contributed by atoms with van der Waals surface area (Å²) in [6.07, 6.45) is 0.850. The zero-order valence-electron chi connectivity index (χ0n) is 35.4. The van der Waals surface area contributed by atoms with E-state index in [1.165, 1.54) is 66.8 Å². The van der Waals surface area contributed by atoms with Gasteiger partial charge in [0, 0.05) is 46.5 Å². The van der Waals surface area contributed by atoms with E-state index in [0.717, 1.165) is 35.0 Å². The van der Waals surface area contributed by atoms with Gasteiger partial charge < -0.3 is 19.3 Å². The summed E-state index contributed by atoms with van der Waals surface area (Å²) < 4.78 is 13.0. The van der Waals surface area contributed by atoms with Crippen molar-refractivity contribution in [2.45, 2.75) is 91.9 Å². The van der Waals surface area contributed by atoms with Gasteiger partial charge in [0.1, 0.15) is 0 Å². The fourth-order valence-electron chi connectivity index (χ4n) is 8.95. The molecule has 3 aliphatic heterocycles. The van der Waals surface area contributed by atoms with E-state index in [9.17, 15) is 0 Å². The summed E-state index contributed by atoms with van der Waals surface area (Å²) in [6, 6.07) is 43.8. The highest BCUT2D eigenvalue weighted by Gasteiger charge is 2.45. The Labute approximate surface area is 340 Å². The Hall–Kier alpha value is -5.42. The van der Waals surface area contributed by atoms with Crippen molar-refractivity contribution >= 4 is 57.2 Å². The van der Waals surface area contributed by atoms with Gasteiger partial charge in [0.2, 0.25) is 0 Å². The van der Waals surface area contributed by atoms with Crippen LogP contribution >= 0.6 is 0 Å². The largest absolute Gasteiger partial charge is 0.490 e. The molecule has 9 rings (SSSR count). The van der Waals surface area contributed by atoms with Crippen LogP contribution in [0.1, 0.15) is 91.0 Å². The predicted octanol–water partition coefficient (Wildman–Crippen LogP) is 11.8. The molecule has 3 aliphatic rings. The molecule has 0 spiro atoms. The quantitative estimate of drug-likeness (QED) is 0.168. The molecule has 0 N–H and O–H groups in total.